The van der Waals surface area contributed by atoms with Gasteiger partial charge in [0.2, 0.25) is 5.91 Å². The van der Waals surface area contributed by atoms with Crippen LogP contribution in [0.3, 0.4) is 0 Å². The summed E-state index contributed by atoms with van der Waals surface area (Å²) in [6.45, 7) is 5.88. The van der Waals surface area contributed by atoms with Gasteiger partial charge in [-0.25, -0.2) is 4.98 Å². The van der Waals surface area contributed by atoms with Gasteiger partial charge in [-0.15, -0.1) is 0 Å². The van der Waals surface area contributed by atoms with Crippen LogP contribution in [0.2, 0.25) is 0 Å². The summed E-state index contributed by atoms with van der Waals surface area (Å²) in [4.78, 5) is 29.4. The molecule has 0 saturated heterocycles. The molecule has 0 bridgehead atoms. The Morgan fingerprint density at radius 1 is 1.09 bits per heavy atom. The third-order valence-electron chi connectivity index (χ3n) is 5.53. The van der Waals surface area contributed by atoms with Crippen LogP contribution in [0.15, 0.2) is 48.8 Å². The second-order valence-electron chi connectivity index (χ2n) is 7.84. The number of benzene rings is 1. The molecule has 9 nitrogen and oxygen atoms in total. The number of imidazole rings is 1. The molecule has 0 aliphatic carbocycles. The van der Waals surface area contributed by atoms with Crippen molar-refractivity contribution in [3.05, 3.63) is 71.4 Å². The number of pyridine rings is 1. The van der Waals surface area contributed by atoms with Gasteiger partial charge in [-0.3, -0.25) is 18.7 Å². The summed E-state index contributed by atoms with van der Waals surface area (Å²) < 4.78 is 3.40. The van der Waals surface area contributed by atoms with Crippen molar-refractivity contribution in [1.82, 2.24) is 24.5 Å². The Hall–Kier alpha value is -3.98. The van der Waals surface area contributed by atoms with Crippen molar-refractivity contribution in [3.63, 3.8) is 0 Å². The highest BCUT2D eigenvalue weighted by molar-refractivity contribution is 6.04. The molecule has 1 aromatic carbocycles. The second kappa shape index (κ2) is 9.25. The lowest BCUT2D eigenvalue weighted by Crippen LogP contribution is -2.30. The number of amides is 2. The van der Waals surface area contributed by atoms with Crippen molar-refractivity contribution < 1.29 is 14.7 Å². The second-order valence-corrected chi connectivity index (χ2v) is 7.84. The zero-order chi connectivity index (χ0) is 23.5. The lowest BCUT2D eigenvalue weighted by molar-refractivity contribution is -0.122. The Morgan fingerprint density at radius 3 is 2.64 bits per heavy atom. The molecular weight excluding hydrogens is 420 g/mol. The first-order valence-electron chi connectivity index (χ1n) is 10.6. The van der Waals surface area contributed by atoms with Gasteiger partial charge in [-0.2, -0.15) is 5.10 Å². The van der Waals surface area contributed by atoms with E-state index in [1.54, 1.807) is 15.3 Å². The summed E-state index contributed by atoms with van der Waals surface area (Å²) in [7, 11) is 0. The van der Waals surface area contributed by atoms with Gasteiger partial charge in [-0.05, 0) is 44.5 Å². The van der Waals surface area contributed by atoms with Gasteiger partial charge in [-0.1, -0.05) is 18.2 Å². The first-order valence-corrected chi connectivity index (χ1v) is 10.6. The molecule has 9 heteroatoms. The SMILES string of the molecule is Cc1ccccc1NC(=O)c1cnc2ccc(-c3c(C)nn(CC(=O)NCCO)c3C)cn12. The fraction of sp³-hybridized carbons (Fsp3) is 0.250. The number of carbonyl (C=O) groups excluding carboxylic acids is 2. The highest BCUT2D eigenvalue weighted by Gasteiger charge is 2.18. The smallest absolute Gasteiger partial charge is 0.274 e. The van der Waals surface area contributed by atoms with E-state index < -0.39 is 0 Å². The number of aromatic nitrogens is 4. The van der Waals surface area contributed by atoms with Crippen LogP contribution >= 0.6 is 0 Å². The van der Waals surface area contributed by atoms with Gasteiger partial charge in [0.1, 0.15) is 17.9 Å². The van der Waals surface area contributed by atoms with E-state index in [-0.39, 0.29) is 31.5 Å². The highest BCUT2D eigenvalue weighted by atomic mass is 16.3. The molecule has 0 aliphatic heterocycles. The molecule has 0 spiro atoms. The van der Waals surface area contributed by atoms with Crippen molar-refractivity contribution in [1.29, 1.82) is 0 Å². The molecule has 0 atom stereocenters. The third kappa shape index (κ3) is 4.49. The zero-order valence-electron chi connectivity index (χ0n) is 18.8. The molecule has 3 N–H and O–H groups in total. The van der Waals surface area contributed by atoms with E-state index in [1.165, 1.54) is 0 Å². The number of para-hydroxylation sites is 1. The number of aliphatic hydroxyl groups excluding tert-OH is 1. The normalized spacial score (nSPS) is 11.0. The maximum absolute atomic E-state index is 13.0. The van der Waals surface area contributed by atoms with Gasteiger partial charge in [0.25, 0.3) is 5.91 Å². The zero-order valence-corrected chi connectivity index (χ0v) is 18.8. The Labute approximate surface area is 191 Å². The summed E-state index contributed by atoms with van der Waals surface area (Å²) in [6.07, 6.45) is 3.42. The van der Waals surface area contributed by atoms with E-state index in [9.17, 15) is 9.59 Å². The molecule has 0 fully saturated rings. The van der Waals surface area contributed by atoms with Crippen LogP contribution in [0.1, 0.15) is 27.4 Å². The molecule has 170 valence electrons. The first kappa shape index (κ1) is 22.2. The number of hydrogen-bond donors (Lipinski definition) is 3. The van der Waals surface area contributed by atoms with E-state index in [4.69, 9.17) is 5.11 Å². The summed E-state index contributed by atoms with van der Waals surface area (Å²) in [6, 6.07) is 11.4. The highest BCUT2D eigenvalue weighted by Crippen LogP contribution is 2.28. The number of nitrogens with one attached hydrogen (secondary N) is 2. The summed E-state index contributed by atoms with van der Waals surface area (Å²) in [5, 5.41) is 19.0. The van der Waals surface area contributed by atoms with Gasteiger partial charge in [0, 0.05) is 35.2 Å². The van der Waals surface area contributed by atoms with Crippen molar-refractivity contribution in [2.45, 2.75) is 27.3 Å². The van der Waals surface area contributed by atoms with Crippen molar-refractivity contribution >= 4 is 23.1 Å². The van der Waals surface area contributed by atoms with Crippen LogP contribution in [0.4, 0.5) is 5.69 Å². The molecular formula is C24H26N6O3. The monoisotopic (exact) mass is 446 g/mol. The molecule has 3 heterocycles. The number of hydrogen-bond acceptors (Lipinski definition) is 5. The third-order valence-corrected chi connectivity index (χ3v) is 5.53. The summed E-state index contributed by atoms with van der Waals surface area (Å²) in [5.41, 5.74) is 6.15. The van der Waals surface area contributed by atoms with Gasteiger partial charge in [0.15, 0.2) is 0 Å². The molecule has 4 aromatic rings. The Kier molecular flexibility index (Phi) is 6.23. The van der Waals surface area contributed by atoms with Gasteiger partial charge >= 0.3 is 0 Å². The van der Waals surface area contributed by atoms with Crippen molar-refractivity contribution in [2.75, 3.05) is 18.5 Å². The summed E-state index contributed by atoms with van der Waals surface area (Å²) in [5.74, 6) is -0.472. The van der Waals surface area contributed by atoms with Gasteiger partial charge < -0.3 is 15.7 Å². The van der Waals surface area contributed by atoms with Crippen LogP contribution in [-0.2, 0) is 11.3 Å². The Balaban J connectivity index is 1.66. The molecule has 0 saturated carbocycles. The number of rotatable bonds is 7. The molecule has 0 unspecified atom stereocenters. The van der Waals surface area contributed by atoms with Crippen LogP contribution < -0.4 is 10.6 Å². The van der Waals surface area contributed by atoms with E-state index >= 15 is 0 Å². The maximum atomic E-state index is 13.0. The molecule has 2 amide bonds. The first-order chi connectivity index (χ1) is 15.9. The van der Waals surface area contributed by atoms with Crippen molar-refractivity contribution in [2.24, 2.45) is 0 Å². The quantitative estimate of drug-likeness (QED) is 0.404. The van der Waals surface area contributed by atoms with E-state index in [1.807, 2.05) is 63.4 Å². The molecule has 33 heavy (non-hydrogen) atoms. The number of carbonyl (C=O) groups is 2. The molecule has 0 radical (unpaired) electrons. The minimum absolute atomic E-state index is 0.0596. The largest absolute Gasteiger partial charge is 0.395 e. The fourth-order valence-electron chi connectivity index (χ4n) is 3.85. The van der Waals surface area contributed by atoms with Crippen LogP contribution in [0, 0.1) is 20.8 Å². The number of aliphatic hydroxyl groups is 1. The molecule has 3 aromatic heterocycles. The predicted octanol–water partition coefficient (Wildman–Crippen LogP) is 2.48. The van der Waals surface area contributed by atoms with Crippen LogP contribution in [-0.4, -0.2) is 49.2 Å². The number of aryl methyl sites for hydroxylation is 2. The van der Waals surface area contributed by atoms with Crippen LogP contribution in [0.5, 0.6) is 0 Å². The van der Waals surface area contributed by atoms with Crippen LogP contribution in [0.25, 0.3) is 16.8 Å². The Morgan fingerprint density at radius 2 is 1.88 bits per heavy atom. The molecule has 0 aliphatic rings. The predicted molar refractivity (Wildman–Crippen MR) is 125 cm³/mol. The number of nitrogens with zero attached hydrogens (tertiary/aromatic N) is 4. The lowest BCUT2D eigenvalue weighted by atomic mass is 10.1. The standard InChI is InChI=1S/C24H26N6O3/c1-15-6-4-5-7-19(15)27-24(33)20-12-26-21-9-8-18(13-29(20)21)23-16(2)28-30(17(23)3)14-22(32)25-10-11-31/h4-9,12-13,31H,10-11,14H2,1-3H3,(H,25,32)(H,27,33). The lowest BCUT2D eigenvalue weighted by Gasteiger charge is -2.09. The number of anilines is 1. The maximum Gasteiger partial charge on any atom is 0.274 e. The van der Waals surface area contributed by atoms with E-state index in [2.05, 4.69) is 20.7 Å². The van der Waals surface area contributed by atoms with Gasteiger partial charge in [0.05, 0.1) is 18.5 Å². The average Bonchev–Trinajstić information content (AvgIpc) is 3.33. The molecule has 4 rings (SSSR count). The summed E-state index contributed by atoms with van der Waals surface area (Å²) >= 11 is 0. The topological polar surface area (TPSA) is 114 Å². The minimum atomic E-state index is -0.251. The fourth-order valence-corrected chi connectivity index (χ4v) is 3.85. The van der Waals surface area contributed by atoms with E-state index in [0.29, 0.717) is 11.3 Å². The average molecular weight is 447 g/mol. The van der Waals surface area contributed by atoms with Crippen molar-refractivity contribution in [3.8, 4) is 11.1 Å². The Bertz CT molecular complexity index is 1340. The number of fused-ring (bicyclic) bond motifs is 1. The minimum Gasteiger partial charge on any atom is -0.395 e. The van der Waals surface area contributed by atoms with E-state index in [0.717, 1.165) is 33.8 Å².